The molecule has 0 fully saturated rings. The topological polar surface area (TPSA) is 35.5 Å². The fourth-order valence-electron chi connectivity index (χ4n) is 4.32. The van der Waals surface area contributed by atoms with Crippen LogP contribution in [0.25, 0.3) is 25.1 Å². The van der Waals surface area contributed by atoms with Gasteiger partial charge >= 0.3 is 5.97 Å². The third-order valence-corrected chi connectivity index (χ3v) is 8.27. The first-order chi connectivity index (χ1) is 16.0. The van der Waals surface area contributed by atoms with Gasteiger partial charge in [0.1, 0.15) is 11.4 Å². The summed E-state index contributed by atoms with van der Waals surface area (Å²) in [5.74, 6) is 0.346. The summed E-state index contributed by atoms with van der Waals surface area (Å²) in [6.07, 6.45) is 0. The Kier molecular flexibility index (Phi) is 5.39. The van der Waals surface area contributed by atoms with Gasteiger partial charge < -0.3 is 9.47 Å². The third-order valence-electron chi connectivity index (χ3n) is 5.93. The van der Waals surface area contributed by atoms with Crippen molar-refractivity contribution in [1.29, 1.82) is 0 Å². The molecule has 0 bridgehead atoms. The van der Waals surface area contributed by atoms with Crippen LogP contribution in [0.2, 0.25) is 0 Å². The number of thiophene rings is 1. The van der Waals surface area contributed by atoms with Gasteiger partial charge in [0.05, 0.1) is 12.7 Å². The summed E-state index contributed by atoms with van der Waals surface area (Å²) in [5.41, 5.74) is 0.539. The predicted molar refractivity (Wildman–Crippen MR) is 137 cm³/mol. The lowest BCUT2D eigenvalue weighted by molar-refractivity contribution is -0.00397. The number of ether oxygens (including phenoxy) is 2. The smallest absolute Gasteiger partial charge is 0.339 e. The molecule has 0 amide bonds. The van der Waals surface area contributed by atoms with Crippen LogP contribution < -0.4 is 4.74 Å². The van der Waals surface area contributed by atoms with Gasteiger partial charge in [-0.2, -0.15) is 0 Å². The molecule has 33 heavy (non-hydrogen) atoms. The molecule has 0 unspecified atom stereocenters. The van der Waals surface area contributed by atoms with Crippen molar-refractivity contribution < 1.29 is 14.3 Å². The highest BCUT2D eigenvalue weighted by Gasteiger charge is 2.29. The first-order valence-corrected chi connectivity index (χ1v) is 12.1. The minimum atomic E-state index is -0.826. The molecule has 0 saturated heterocycles. The quantitative estimate of drug-likeness (QED) is 0.201. The average Bonchev–Trinajstić information content (AvgIpc) is 3.18. The van der Waals surface area contributed by atoms with E-state index in [0.29, 0.717) is 11.3 Å². The Balaban J connectivity index is 1.48. The molecule has 3 nitrogen and oxygen atoms in total. The number of carbonyl (C=O) groups is 1. The zero-order valence-electron chi connectivity index (χ0n) is 18.9. The number of hydrogen-bond donors (Lipinski definition) is 0. The van der Waals surface area contributed by atoms with Crippen LogP contribution in [-0.4, -0.2) is 13.1 Å². The van der Waals surface area contributed by atoms with Crippen molar-refractivity contribution in [3.05, 3.63) is 108 Å². The molecule has 0 spiro atoms. The van der Waals surface area contributed by atoms with Gasteiger partial charge in [-0.1, -0.05) is 42.5 Å². The normalized spacial score (nSPS) is 11.6. The van der Waals surface area contributed by atoms with Crippen LogP contribution in [0, 0.1) is 0 Å². The lowest BCUT2D eigenvalue weighted by Gasteiger charge is -2.27. The molecule has 1 heterocycles. The highest BCUT2D eigenvalue weighted by atomic mass is 32.2. The van der Waals surface area contributed by atoms with Crippen LogP contribution in [0.15, 0.2) is 97.1 Å². The molecule has 1 aromatic heterocycles. The molecule has 0 atom stereocenters. The van der Waals surface area contributed by atoms with Crippen molar-refractivity contribution in [3.8, 4) is 10.6 Å². The molecule has 0 saturated carbocycles. The second-order valence-corrected chi connectivity index (χ2v) is 10.4. The maximum atomic E-state index is 13.0. The predicted octanol–water partition coefficient (Wildman–Crippen LogP) is 7.83. The van der Waals surface area contributed by atoms with Crippen LogP contribution in [-0.2, 0) is 10.3 Å². The molecule has 0 aliphatic heterocycles. The molecule has 0 aliphatic rings. The molecule has 4 heteroatoms. The van der Waals surface area contributed by atoms with E-state index in [4.69, 9.17) is 9.47 Å². The van der Waals surface area contributed by atoms with Gasteiger partial charge in [0.2, 0.25) is 0 Å². The van der Waals surface area contributed by atoms with E-state index in [1.54, 1.807) is 7.11 Å². The van der Waals surface area contributed by atoms with Gasteiger partial charge in [-0.25, -0.2) is 4.79 Å². The SMILES string of the molecule is COc1ccccc1C(C)(C)OC(=O)c1ccc(-[s+]2c3ccccc3c3ccccc32)cc1. The zero-order valence-corrected chi connectivity index (χ0v) is 19.7. The van der Waals surface area contributed by atoms with Crippen LogP contribution in [0.1, 0.15) is 29.8 Å². The molecule has 0 aliphatic carbocycles. The summed E-state index contributed by atoms with van der Waals surface area (Å²) in [7, 11) is 1.44. The van der Waals surface area contributed by atoms with E-state index in [-0.39, 0.29) is 16.4 Å². The Hall–Kier alpha value is -3.63. The number of carbonyl (C=O) groups excluding carboxylic acids is 1. The zero-order chi connectivity index (χ0) is 23.0. The second kappa shape index (κ2) is 8.38. The van der Waals surface area contributed by atoms with E-state index in [2.05, 4.69) is 60.7 Å². The van der Waals surface area contributed by atoms with Crippen molar-refractivity contribution in [3.63, 3.8) is 0 Å². The lowest BCUT2D eigenvalue weighted by atomic mass is 9.97. The summed E-state index contributed by atoms with van der Waals surface area (Å²) in [6.45, 7) is 3.76. The molecule has 164 valence electrons. The van der Waals surface area contributed by atoms with E-state index in [1.807, 2.05) is 50.2 Å². The van der Waals surface area contributed by atoms with Crippen molar-refractivity contribution in [2.24, 2.45) is 0 Å². The summed E-state index contributed by atoms with van der Waals surface area (Å²) in [6, 6.07) is 32.6. The van der Waals surface area contributed by atoms with E-state index < -0.39 is 5.60 Å². The second-order valence-electron chi connectivity index (χ2n) is 8.42. The number of esters is 1. The number of hydrogen-bond acceptors (Lipinski definition) is 3. The van der Waals surface area contributed by atoms with Crippen LogP contribution in [0.3, 0.4) is 0 Å². The highest BCUT2D eigenvalue weighted by Crippen LogP contribution is 2.48. The number of para-hydroxylation sites is 1. The minimum Gasteiger partial charge on any atom is -0.496 e. The Labute approximate surface area is 196 Å². The number of benzene rings is 4. The Bertz CT molecular complexity index is 1410. The molecule has 0 radical (unpaired) electrons. The summed E-state index contributed by atoms with van der Waals surface area (Å²) < 4.78 is 14.0. The fraction of sp³-hybridized carbons (Fsp3) is 0.138. The third kappa shape index (κ3) is 3.77. The van der Waals surface area contributed by atoms with Crippen LogP contribution in [0.4, 0.5) is 0 Å². The van der Waals surface area contributed by atoms with Crippen molar-refractivity contribution in [2.75, 3.05) is 7.11 Å². The molecule has 5 aromatic rings. The van der Waals surface area contributed by atoms with E-state index in [0.717, 1.165) is 5.56 Å². The lowest BCUT2D eigenvalue weighted by Crippen LogP contribution is -2.26. The number of rotatable bonds is 5. The van der Waals surface area contributed by atoms with Crippen molar-refractivity contribution in [2.45, 2.75) is 19.4 Å². The molecular weight excluding hydrogens is 428 g/mol. The summed E-state index contributed by atoms with van der Waals surface area (Å²) in [5, 5.41) is 2.58. The maximum Gasteiger partial charge on any atom is 0.339 e. The monoisotopic (exact) mass is 453 g/mol. The highest BCUT2D eigenvalue weighted by molar-refractivity contribution is 7.50. The Morgan fingerprint density at radius 1 is 0.727 bits per heavy atom. The van der Waals surface area contributed by atoms with Gasteiger partial charge in [0.15, 0.2) is 14.3 Å². The largest absolute Gasteiger partial charge is 0.496 e. The summed E-state index contributed by atoms with van der Waals surface area (Å²) in [4.78, 5) is 14.2. The standard InChI is InChI=1S/C29H25O3S/c1-29(2,24-12-6-7-13-25(24)31-3)32-28(30)20-16-18-21(19-17-20)33-26-14-8-4-10-22(26)23-11-5-9-15-27(23)33/h4-19H,1-3H3/q+1. The van der Waals surface area contributed by atoms with Crippen molar-refractivity contribution in [1.82, 2.24) is 0 Å². The molecule has 4 aromatic carbocycles. The van der Waals surface area contributed by atoms with Gasteiger partial charge in [0, 0.05) is 26.8 Å². The van der Waals surface area contributed by atoms with E-state index in [9.17, 15) is 4.79 Å². The number of fused-ring (bicyclic) bond motifs is 3. The summed E-state index contributed by atoms with van der Waals surface area (Å²) >= 11 is 0. The van der Waals surface area contributed by atoms with Gasteiger partial charge in [-0.05, 0) is 68.4 Å². The maximum absolute atomic E-state index is 13.0. The van der Waals surface area contributed by atoms with Gasteiger partial charge in [-0.15, -0.1) is 0 Å². The van der Waals surface area contributed by atoms with Crippen molar-refractivity contribution >= 4 is 36.6 Å². The van der Waals surface area contributed by atoms with E-state index in [1.165, 1.54) is 25.1 Å². The van der Waals surface area contributed by atoms with Gasteiger partial charge in [-0.3, -0.25) is 0 Å². The fourth-order valence-corrected chi connectivity index (χ4v) is 6.70. The van der Waals surface area contributed by atoms with Gasteiger partial charge in [0.25, 0.3) is 0 Å². The first-order valence-electron chi connectivity index (χ1n) is 10.9. The average molecular weight is 454 g/mol. The Morgan fingerprint density at radius 2 is 1.27 bits per heavy atom. The van der Waals surface area contributed by atoms with Crippen LogP contribution in [0.5, 0.6) is 5.75 Å². The minimum absolute atomic E-state index is 0.184. The Morgan fingerprint density at radius 3 is 1.88 bits per heavy atom. The van der Waals surface area contributed by atoms with Crippen LogP contribution >= 0.6 is 10.5 Å². The first kappa shape index (κ1) is 21.2. The molecule has 5 rings (SSSR count). The molecular formula is C29H25O3S+. The molecule has 0 N–H and O–H groups in total. The number of methoxy groups -OCH3 is 1. The van der Waals surface area contributed by atoms with E-state index >= 15 is 0 Å².